The van der Waals surface area contributed by atoms with Gasteiger partial charge >= 0.3 is 0 Å². The van der Waals surface area contributed by atoms with Crippen LogP contribution in [-0.4, -0.2) is 52.8 Å². The summed E-state index contributed by atoms with van der Waals surface area (Å²) in [5.41, 5.74) is 1.52. The second-order valence-corrected chi connectivity index (χ2v) is 8.49. The summed E-state index contributed by atoms with van der Waals surface area (Å²) in [6.45, 7) is 3.38. The first-order chi connectivity index (χ1) is 12.9. The fraction of sp³-hybridized carbons (Fsp3) is 0.667. The molecule has 146 valence electrons. The Morgan fingerprint density at radius 2 is 1.81 bits per heavy atom. The van der Waals surface area contributed by atoms with E-state index in [-0.39, 0.29) is 29.0 Å². The van der Waals surface area contributed by atoms with E-state index in [4.69, 9.17) is 0 Å². The van der Waals surface area contributed by atoms with E-state index in [9.17, 15) is 14.4 Å². The van der Waals surface area contributed by atoms with Crippen molar-refractivity contribution in [3.63, 3.8) is 0 Å². The first-order valence-electron chi connectivity index (χ1n) is 10.3. The van der Waals surface area contributed by atoms with Crippen LogP contribution in [0, 0.1) is 5.41 Å². The number of aryl methyl sites for hydroxylation is 2. The number of hydrogen-bond donors (Lipinski definition) is 1. The summed E-state index contributed by atoms with van der Waals surface area (Å²) in [5.74, 6) is -0.0738. The van der Waals surface area contributed by atoms with Crippen molar-refractivity contribution in [3.05, 3.63) is 33.2 Å². The predicted octanol–water partition coefficient (Wildman–Crippen LogP) is 2.12. The molecule has 2 amide bonds. The molecule has 0 radical (unpaired) electrons. The number of carbonyl (C=O) groups excluding carboxylic acids is 2. The maximum atomic E-state index is 13.3. The van der Waals surface area contributed by atoms with E-state index in [0.717, 1.165) is 69.2 Å². The molecule has 1 aromatic heterocycles. The topological polar surface area (TPSA) is 73.5 Å². The number of carbonyl (C=O) groups is 2. The highest BCUT2D eigenvalue weighted by molar-refractivity contribution is 5.95. The molecule has 4 rings (SSSR count). The smallest absolute Gasteiger partial charge is 0.261 e. The fourth-order valence-electron chi connectivity index (χ4n) is 5.37. The zero-order valence-electron chi connectivity index (χ0n) is 16.3. The molecule has 1 aliphatic carbocycles. The van der Waals surface area contributed by atoms with E-state index in [2.05, 4.69) is 4.98 Å². The summed E-state index contributed by atoms with van der Waals surface area (Å²) >= 11 is 0. The molecule has 1 N–H and O–H groups in total. The maximum Gasteiger partial charge on any atom is 0.261 e. The summed E-state index contributed by atoms with van der Waals surface area (Å²) in [7, 11) is 1.85. The lowest BCUT2D eigenvalue weighted by atomic mass is 9.68. The predicted molar refractivity (Wildman–Crippen MR) is 103 cm³/mol. The average Bonchev–Trinajstić information content (AvgIpc) is 2.67. The van der Waals surface area contributed by atoms with E-state index < -0.39 is 5.41 Å². The summed E-state index contributed by atoms with van der Waals surface area (Å²) in [5, 5.41) is 0. The lowest BCUT2D eigenvalue weighted by Crippen LogP contribution is -2.61. The third kappa shape index (κ3) is 2.89. The summed E-state index contributed by atoms with van der Waals surface area (Å²) in [6, 6.07) is 1.61. The number of pyridine rings is 1. The third-order valence-corrected chi connectivity index (χ3v) is 7.01. The molecule has 3 heterocycles. The van der Waals surface area contributed by atoms with Crippen molar-refractivity contribution in [1.82, 2.24) is 14.8 Å². The molecule has 6 nitrogen and oxygen atoms in total. The van der Waals surface area contributed by atoms with Gasteiger partial charge < -0.3 is 14.8 Å². The summed E-state index contributed by atoms with van der Waals surface area (Å²) in [6.07, 6.45) is 7.38. The van der Waals surface area contributed by atoms with Crippen LogP contribution >= 0.6 is 0 Å². The quantitative estimate of drug-likeness (QED) is 0.822. The number of nitrogens with one attached hydrogen (secondary N) is 1. The molecule has 0 bridgehead atoms. The highest BCUT2D eigenvalue weighted by atomic mass is 16.2. The monoisotopic (exact) mass is 371 g/mol. The second kappa shape index (κ2) is 6.80. The molecule has 2 saturated heterocycles. The van der Waals surface area contributed by atoms with Crippen LogP contribution in [0.25, 0.3) is 0 Å². The van der Waals surface area contributed by atoms with E-state index in [0.29, 0.717) is 6.54 Å². The lowest BCUT2D eigenvalue weighted by molar-refractivity contribution is -0.152. The van der Waals surface area contributed by atoms with Gasteiger partial charge in [0.1, 0.15) is 5.56 Å². The highest BCUT2D eigenvalue weighted by Gasteiger charge is 2.51. The number of H-pyrrole nitrogens is 1. The van der Waals surface area contributed by atoms with Crippen LogP contribution in [0.4, 0.5) is 0 Å². The number of aromatic nitrogens is 1. The van der Waals surface area contributed by atoms with Gasteiger partial charge in [-0.3, -0.25) is 14.4 Å². The van der Waals surface area contributed by atoms with Crippen molar-refractivity contribution in [3.8, 4) is 0 Å². The third-order valence-electron chi connectivity index (χ3n) is 7.01. The molecule has 6 heteroatoms. The molecule has 1 aromatic rings. The molecule has 2 fully saturated rings. The van der Waals surface area contributed by atoms with Gasteiger partial charge in [0.2, 0.25) is 5.91 Å². The molecular weight excluding hydrogens is 342 g/mol. The Labute approximate surface area is 159 Å². The van der Waals surface area contributed by atoms with E-state index in [1.807, 2.05) is 14.0 Å². The first kappa shape index (κ1) is 18.3. The van der Waals surface area contributed by atoms with E-state index in [1.165, 1.54) is 0 Å². The molecule has 2 atom stereocenters. The zero-order chi connectivity index (χ0) is 19.2. The van der Waals surface area contributed by atoms with E-state index in [1.54, 1.807) is 15.9 Å². The Morgan fingerprint density at radius 3 is 2.59 bits per heavy atom. The van der Waals surface area contributed by atoms with Crippen LogP contribution in [0.5, 0.6) is 0 Å². The van der Waals surface area contributed by atoms with Crippen molar-refractivity contribution < 1.29 is 9.59 Å². The van der Waals surface area contributed by atoms with Gasteiger partial charge in [0.25, 0.3) is 11.5 Å². The van der Waals surface area contributed by atoms with Gasteiger partial charge in [-0.05, 0) is 69.9 Å². The molecule has 1 spiro atoms. The van der Waals surface area contributed by atoms with Gasteiger partial charge in [0.05, 0.1) is 5.41 Å². The number of piperidine rings is 2. The van der Waals surface area contributed by atoms with Crippen LogP contribution in [0.1, 0.15) is 67.1 Å². The molecular formula is C21H29N3O3. The molecule has 0 saturated carbocycles. The maximum absolute atomic E-state index is 13.3. The number of rotatable bonds is 1. The Kier molecular flexibility index (Phi) is 4.60. The van der Waals surface area contributed by atoms with Crippen molar-refractivity contribution in [2.24, 2.45) is 5.41 Å². The number of nitrogens with zero attached hydrogens (tertiary/aromatic N) is 2. The molecule has 2 aliphatic heterocycles. The van der Waals surface area contributed by atoms with Crippen LogP contribution in [0.3, 0.4) is 0 Å². The standard InChI is InChI=1S/C21H29N3O3/c1-14-21(9-5-11-23(2)20(21)27)10-6-12-24(14)19(26)16-13-15-7-3-4-8-17(15)22-18(16)25/h13-14H,3-12H2,1-2H3,(H,22,25)/t14-,21+/m1/s1. The molecule has 3 aliphatic rings. The number of likely N-dealkylation sites (tertiary alicyclic amines) is 2. The van der Waals surface area contributed by atoms with Crippen molar-refractivity contribution >= 4 is 11.8 Å². The molecule has 0 aromatic carbocycles. The number of amides is 2. The van der Waals surface area contributed by atoms with Crippen LogP contribution in [-0.2, 0) is 17.6 Å². The number of aromatic amines is 1. The van der Waals surface area contributed by atoms with Gasteiger partial charge in [0.15, 0.2) is 0 Å². The minimum atomic E-state index is -0.498. The van der Waals surface area contributed by atoms with Crippen LogP contribution in [0.15, 0.2) is 10.9 Å². The minimum absolute atomic E-state index is 0.151. The van der Waals surface area contributed by atoms with Crippen molar-refractivity contribution in [1.29, 1.82) is 0 Å². The normalized spacial score (nSPS) is 28.4. The largest absolute Gasteiger partial charge is 0.345 e. The van der Waals surface area contributed by atoms with Crippen LogP contribution < -0.4 is 5.56 Å². The Morgan fingerprint density at radius 1 is 1.11 bits per heavy atom. The lowest BCUT2D eigenvalue weighted by Gasteiger charge is -2.51. The first-order valence-corrected chi connectivity index (χ1v) is 10.3. The fourth-order valence-corrected chi connectivity index (χ4v) is 5.37. The van der Waals surface area contributed by atoms with Gasteiger partial charge in [-0.1, -0.05) is 0 Å². The average molecular weight is 371 g/mol. The van der Waals surface area contributed by atoms with Gasteiger partial charge in [0, 0.05) is 31.9 Å². The highest BCUT2D eigenvalue weighted by Crippen LogP contribution is 2.44. The Balaban J connectivity index is 1.66. The van der Waals surface area contributed by atoms with Gasteiger partial charge in [-0.2, -0.15) is 0 Å². The Hall–Kier alpha value is -2.11. The molecule has 0 unspecified atom stereocenters. The summed E-state index contributed by atoms with van der Waals surface area (Å²) in [4.78, 5) is 45.4. The SMILES string of the molecule is C[C@H]1N(C(=O)c2cc3c([nH]c2=O)CCCC3)CCC[C@@]12CCCN(C)C2=O. The van der Waals surface area contributed by atoms with Crippen LogP contribution in [0.2, 0.25) is 0 Å². The van der Waals surface area contributed by atoms with E-state index >= 15 is 0 Å². The molecule has 27 heavy (non-hydrogen) atoms. The number of fused-ring (bicyclic) bond motifs is 1. The minimum Gasteiger partial charge on any atom is -0.345 e. The van der Waals surface area contributed by atoms with Crippen molar-refractivity contribution in [2.45, 2.75) is 64.3 Å². The van der Waals surface area contributed by atoms with Gasteiger partial charge in [-0.25, -0.2) is 0 Å². The second-order valence-electron chi connectivity index (χ2n) is 8.49. The zero-order valence-corrected chi connectivity index (χ0v) is 16.3. The Bertz CT molecular complexity index is 826. The van der Waals surface area contributed by atoms with Gasteiger partial charge in [-0.15, -0.1) is 0 Å². The summed E-state index contributed by atoms with van der Waals surface area (Å²) < 4.78 is 0. The number of hydrogen-bond acceptors (Lipinski definition) is 3. The van der Waals surface area contributed by atoms with Crippen molar-refractivity contribution in [2.75, 3.05) is 20.1 Å².